The summed E-state index contributed by atoms with van der Waals surface area (Å²) in [5.74, 6) is 0.636. The highest BCUT2D eigenvalue weighted by atomic mass is 31.1. The number of allylic oxidation sites excluding steroid dienone is 8. The van der Waals surface area contributed by atoms with Gasteiger partial charge in [0.15, 0.2) is 0 Å². The number of hydrogen-bond donors (Lipinski definition) is 0. The van der Waals surface area contributed by atoms with Gasteiger partial charge in [-0.25, -0.2) is 0 Å². The maximum atomic E-state index is 2.60. The van der Waals surface area contributed by atoms with Gasteiger partial charge in [-0.05, 0) is 84.0 Å². The fourth-order valence-electron chi connectivity index (χ4n) is 9.65. The van der Waals surface area contributed by atoms with E-state index in [2.05, 4.69) is 96.2 Å². The third-order valence-electron chi connectivity index (χ3n) is 12.2. The second-order valence-corrected chi connectivity index (χ2v) is 20.7. The molecule has 2 heteroatoms. The van der Waals surface area contributed by atoms with Gasteiger partial charge in [0.1, 0.15) is 0 Å². The largest absolute Gasteiger partial charge is 0.114 e. The fraction of sp³-hybridized carbons (Fsp3) is 0.708. The summed E-state index contributed by atoms with van der Waals surface area (Å²) < 4.78 is 0. The monoisotopic (exact) mass is 717 g/mol. The van der Waals surface area contributed by atoms with Crippen LogP contribution >= 0.6 is 17.2 Å². The lowest BCUT2D eigenvalue weighted by Crippen LogP contribution is -2.48. The van der Waals surface area contributed by atoms with Gasteiger partial charge in [0.05, 0.1) is 0 Å². The average Bonchev–Trinajstić information content (AvgIpc) is 3.80. The molecule has 1 aromatic carbocycles. The third-order valence-corrected chi connectivity index (χ3v) is 16.7. The van der Waals surface area contributed by atoms with Crippen LogP contribution in [0.15, 0.2) is 76.9 Å². The smallest absolute Gasteiger partial charge is 0.0266 e. The zero-order valence-electron chi connectivity index (χ0n) is 33.7. The molecule has 0 N–H and O–H groups in total. The molecule has 280 valence electrons. The van der Waals surface area contributed by atoms with E-state index in [4.69, 9.17) is 0 Å². The molecule has 1 fully saturated rings. The summed E-state index contributed by atoms with van der Waals surface area (Å²) in [7, 11) is 1.93. The van der Waals surface area contributed by atoms with E-state index in [1.165, 1.54) is 148 Å². The maximum absolute atomic E-state index is 2.60. The van der Waals surface area contributed by atoms with E-state index in [1.54, 1.807) is 16.5 Å². The second-order valence-electron chi connectivity index (χ2n) is 17.2. The molecule has 0 aliphatic heterocycles. The summed E-state index contributed by atoms with van der Waals surface area (Å²) >= 11 is 0. The Morgan fingerprint density at radius 3 is 1.94 bits per heavy atom. The zero-order valence-corrected chi connectivity index (χ0v) is 35.7. The molecule has 0 aromatic heterocycles. The topological polar surface area (TPSA) is 0 Å². The maximum Gasteiger partial charge on any atom is 0.0266 e. The molecular weight excluding hydrogens is 638 g/mol. The van der Waals surface area contributed by atoms with E-state index >= 15 is 0 Å². The van der Waals surface area contributed by atoms with Crippen molar-refractivity contribution in [3.05, 3.63) is 76.9 Å². The molecule has 5 atom stereocenters. The quantitative estimate of drug-likeness (QED) is 0.0738. The van der Waals surface area contributed by atoms with Crippen LogP contribution in [-0.4, -0.2) is 16.5 Å². The Morgan fingerprint density at radius 1 is 0.680 bits per heavy atom. The van der Waals surface area contributed by atoms with Gasteiger partial charge >= 0.3 is 0 Å². The van der Waals surface area contributed by atoms with Gasteiger partial charge in [0.25, 0.3) is 0 Å². The first kappa shape index (κ1) is 41.8. The van der Waals surface area contributed by atoms with Gasteiger partial charge in [0, 0.05) is 5.16 Å². The van der Waals surface area contributed by atoms with Gasteiger partial charge in [-0.1, -0.05) is 219 Å². The van der Waals surface area contributed by atoms with Crippen LogP contribution in [0.4, 0.5) is 0 Å². The van der Waals surface area contributed by atoms with Crippen molar-refractivity contribution >= 4 is 22.5 Å². The molecule has 4 rings (SSSR count). The first-order valence-corrected chi connectivity index (χ1v) is 23.9. The highest BCUT2D eigenvalue weighted by Gasteiger charge is 2.51. The molecule has 3 aliphatic rings. The molecule has 1 saturated carbocycles. The van der Waals surface area contributed by atoms with Crippen LogP contribution in [-0.2, 0) is 0 Å². The van der Waals surface area contributed by atoms with Gasteiger partial charge in [0.2, 0.25) is 0 Å². The van der Waals surface area contributed by atoms with E-state index in [1.807, 2.05) is 11.1 Å². The van der Waals surface area contributed by atoms with Crippen molar-refractivity contribution in [1.82, 2.24) is 0 Å². The van der Waals surface area contributed by atoms with Crippen LogP contribution in [0.2, 0.25) is 0 Å². The van der Waals surface area contributed by atoms with E-state index in [0.717, 1.165) is 28.5 Å². The first-order chi connectivity index (χ1) is 24.3. The zero-order chi connectivity index (χ0) is 35.7. The third kappa shape index (κ3) is 12.0. The minimum atomic E-state index is 0.159. The van der Waals surface area contributed by atoms with E-state index < -0.39 is 0 Å². The van der Waals surface area contributed by atoms with Gasteiger partial charge in [-0.2, -0.15) is 0 Å². The average molecular weight is 717 g/mol. The van der Waals surface area contributed by atoms with Crippen LogP contribution in [0.25, 0.3) is 0 Å². The van der Waals surface area contributed by atoms with E-state index in [0.29, 0.717) is 5.92 Å². The molecule has 0 saturated heterocycles. The molecule has 50 heavy (non-hydrogen) atoms. The van der Waals surface area contributed by atoms with Crippen molar-refractivity contribution in [3.8, 4) is 0 Å². The summed E-state index contributed by atoms with van der Waals surface area (Å²) in [6.45, 7) is 14.7. The summed E-state index contributed by atoms with van der Waals surface area (Å²) in [6.07, 6.45) is 42.1. The molecule has 0 spiro atoms. The summed E-state index contributed by atoms with van der Waals surface area (Å²) in [4.78, 5) is 0. The number of rotatable bonds is 24. The molecule has 0 amide bonds. The Morgan fingerprint density at radius 2 is 1.30 bits per heavy atom. The summed E-state index contributed by atoms with van der Waals surface area (Å²) in [5, 5.41) is 1.80. The van der Waals surface area contributed by atoms with E-state index in [9.17, 15) is 0 Å². The Labute approximate surface area is 315 Å². The van der Waals surface area contributed by atoms with Crippen LogP contribution < -0.4 is 5.30 Å². The summed E-state index contributed by atoms with van der Waals surface area (Å²) in [5.41, 5.74) is 9.00. The lowest BCUT2D eigenvalue weighted by Gasteiger charge is -2.52. The highest BCUT2D eigenvalue weighted by Crippen LogP contribution is 2.62. The molecular formula is C48H78P2. The van der Waals surface area contributed by atoms with E-state index in [-0.39, 0.29) is 10.6 Å². The Kier molecular flexibility index (Phi) is 18.6. The molecule has 0 heterocycles. The standard InChI is InChI=1S/C48H78P2/c1-7-10-12-14-15-17-25-38-46(49-40-30-20-18-21-31-40)48(50-41-32-22-19-23-33-41,45-37-27-36-44(45)47(4,5)6)43(35-24-16-13-11-8-2)42-34-26-29-39(42)28-9-3/h19,22-23,26-27,29,32-33,36,40,43,46,49-50H,7-18,20-21,24-25,28,30-31,34-35,37-38H2,1-6H3. The van der Waals surface area contributed by atoms with Crippen molar-refractivity contribution in [1.29, 1.82) is 0 Å². The van der Waals surface area contributed by atoms with Crippen molar-refractivity contribution in [2.75, 3.05) is 0 Å². The normalized spacial score (nSPS) is 20.0. The Balaban J connectivity index is 1.92. The van der Waals surface area contributed by atoms with Crippen LogP contribution in [0.5, 0.6) is 0 Å². The molecule has 1 aromatic rings. The number of hydrogen-bond acceptors (Lipinski definition) is 0. The second kappa shape index (κ2) is 22.3. The SMILES string of the molecule is CCCCCCCCCC(PC1CCCCC1)C(Pc1ccccc1)(C1=C(C(C)(C)C)C=CC1)C(CCCCCCC)C1=C(CCC)C=CC1. The molecule has 5 unspecified atom stereocenters. The Bertz CT molecular complexity index is 1220. The molecule has 0 bridgehead atoms. The van der Waals surface area contributed by atoms with Gasteiger partial charge in [-0.3, -0.25) is 0 Å². The molecule has 0 radical (unpaired) electrons. The van der Waals surface area contributed by atoms with Gasteiger partial charge in [-0.15, -0.1) is 8.58 Å². The minimum absolute atomic E-state index is 0.159. The fourth-order valence-corrected chi connectivity index (χ4v) is 14.5. The van der Waals surface area contributed by atoms with Crippen LogP contribution in [0, 0.1) is 11.3 Å². The number of unbranched alkanes of at least 4 members (excludes halogenated alkanes) is 10. The lowest BCUT2D eigenvalue weighted by atomic mass is 9.69. The Hall–Kier alpha value is -0.960. The predicted octanol–water partition coefficient (Wildman–Crippen LogP) is 15.6. The van der Waals surface area contributed by atoms with Gasteiger partial charge < -0.3 is 0 Å². The predicted molar refractivity (Wildman–Crippen MR) is 232 cm³/mol. The number of benzene rings is 1. The van der Waals surface area contributed by atoms with Crippen molar-refractivity contribution < 1.29 is 0 Å². The molecule has 3 aliphatic carbocycles. The summed E-state index contributed by atoms with van der Waals surface area (Å²) in [6, 6.07) is 11.9. The minimum Gasteiger partial charge on any atom is -0.114 e. The van der Waals surface area contributed by atoms with Crippen molar-refractivity contribution in [2.24, 2.45) is 11.3 Å². The van der Waals surface area contributed by atoms with Crippen molar-refractivity contribution in [3.63, 3.8) is 0 Å². The highest BCUT2D eigenvalue weighted by molar-refractivity contribution is 7.51. The van der Waals surface area contributed by atoms with Crippen LogP contribution in [0.1, 0.15) is 189 Å². The lowest BCUT2D eigenvalue weighted by molar-refractivity contribution is 0.376. The van der Waals surface area contributed by atoms with Crippen LogP contribution in [0.3, 0.4) is 0 Å². The first-order valence-electron chi connectivity index (χ1n) is 21.7. The molecule has 0 nitrogen and oxygen atoms in total. The van der Waals surface area contributed by atoms with Crippen molar-refractivity contribution in [2.45, 2.75) is 206 Å².